The Balaban J connectivity index is 1.82. The molecule has 6 nitrogen and oxygen atoms in total. The zero-order valence-electron chi connectivity index (χ0n) is 16.4. The van der Waals surface area contributed by atoms with E-state index in [1.54, 1.807) is 48.5 Å². The summed E-state index contributed by atoms with van der Waals surface area (Å²) in [6.07, 6.45) is 1.39. The molecule has 3 aromatic rings. The number of nitrogens with one attached hydrogen (secondary N) is 1. The first-order chi connectivity index (χ1) is 14.9. The fourth-order valence-electron chi connectivity index (χ4n) is 3.18. The number of sulfonamides is 1. The van der Waals surface area contributed by atoms with Crippen LogP contribution in [0.5, 0.6) is 5.75 Å². The molecule has 0 radical (unpaired) electrons. The summed E-state index contributed by atoms with van der Waals surface area (Å²) >= 11 is 0. The lowest BCUT2D eigenvalue weighted by molar-refractivity contribution is 0.103. The second-order valence-electron chi connectivity index (χ2n) is 6.66. The number of carbonyl (C=O) groups is 1. The number of allylic oxidation sites excluding steroid dienone is 2. The highest BCUT2D eigenvalue weighted by Gasteiger charge is 2.26. The molecule has 3 aromatic carbocycles. The van der Waals surface area contributed by atoms with Gasteiger partial charge >= 0.3 is 0 Å². The van der Waals surface area contributed by atoms with Gasteiger partial charge in [-0.05, 0) is 42.5 Å². The van der Waals surface area contributed by atoms with Crippen LogP contribution >= 0.6 is 0 Å². The molecule has 0 fully saturated rings. The number of para-hydroxylation sites is 2. The molecule has 0 spiro atoms. The van der Waals surface area contributed by atoms with Crippen molar-refractivity contribution < 1.29 is 22.3 Å². The van der Waals surface area contributed by atoms with Gasteiger partial charge in [0.05, 0.1) is 29.1 Å². The Hall–Kier alpha value is -3.78. The zero-order chi connectivity index (χ0) is 22.0. The van der Waals surface area contributed by atoms with Gasteiger partial charge in [-0.1, -0.05) is 36.4 Å². The highest BCUT2D eigenvalue weighted by atomic mass is 32.2. The van der Waals surface area contributed by atoms with Crippen LogP contribution in [0.3, 0.4) is 0 Å². The Kier molecular flexibility index (Phi) is 5.39. The molecular weight excluding hydrogens is 419 g/mol. The summed E-state index contributed by atoms with van der Waals surface area (Å²) in [6.45, 7) is 0. The van der Waals surface area contributed by atoms with Crippen molar-refractivity contribution >= 4 is 27.2 Å². The van der Waals surface area contributed by atoms with Crippen molar-refractivity contribution in [1.82, 2.24) is 0 Å². The first kappa shape index (κ1) is 20.5. The summed E-state index contributed by atoms with van der Waals surface area (Å²) in [5.41, 5.74) is 1.50. The summed E-state index contributed by atoms with van der Waals surface area (Å²) in [5.74, 6) is -0.337. The molecule has 0 atom stereocenters. The number of methoxy groups -OCH3 is 1. The topological polar surface area (TPSA) is 84.8 Å². The van der Waals surface area contributed by atoms with Gasteiger partial charge in [-0.25, -0.2) is 4.39 Å². The van der Waals surface area contributed by atoms with E-state index in [0.717, 1.165) is 24.3 Å². The minimum atomic E-state index is -4.13. The maximum Gasteiger partial charge on any atom is 0.282 e. The van der Waals surface area contributed by atoms with E-state index in [4.69, 9.17) is 4.74 Å². The normalized spacial score (nSPS) is 14.7. The molecule has 0 saturated heterocycles. The third-order valence-electron chi connectivity index (χ3n) is 4.68. The van der Waals surface area contributed by atoms with Crippen molar-refractivity contribution in [3.05, 3.63) is 102 Å². The van der Waals surface area contributed by atoms with Crippen molar-refractivity contribution in [2.24, 2.45) is 4.40 Å². The van der Waals surface area contributed by atoms with Crippen LogP contribution in [-0.4, -0.2) is 27.0 Å². The van der Waals surface area contributed by atoms with E-state index in [-0.39, 0.29) is 22.1 Å². The number of hydrogen-bond acceptors (Lipinski definition) is 5. The lowest BCUT2D eigenvalue weighted by Crippen LogP contribution is -2.22. The van der Waals surface area contributed by atoms with E-state index in [1.165, 1.54) is 13.2 Å². The van der Waals surface area contributed by atoms with Gasteiger partial charge in [0, 0.05) is 11.1 Å². The highest BCUT2D eigenvalue weighted by Crippen LogP contribution is 2.29. The van der Waals surface area contributed by atoms with Crippen LogP contribution in [-0.2, 0) is 10.0 Å². The molecule has 0 amide bonds. The van der Waals surface area contributed by atoms with Gasteiger partial charge in [0.2, 0.25) is 5.78 Å². The van der Waals surface area contributed by atoms with Gasteiger partial charge < -0.3 is 10.1 Å². The number of hydrogen-bond donors (Lipinski definition) is 1. The number of nitrogens with zero attached hydrogens (tertiary/aromatic N) is 1. The molecule has 4 rings (SSSR count). The number of fused-ring (bicyclic) bond motifs is 1. The average molecular weight is 436 g/mol. The molecule has 8 heteroatoms. The Bertz CT molecular complexity index is 1330. The summed E-state index contributed by atoms with van der Waals surface area (Å²) in [7, 11) is -2.62. The van der Waals surface area contributed by atoms with E-state index in [9.17, 15) is 17.6 Å². The van der Waals surface area contributed by atoms with Crippen LogP contribution in [0.2, 0.25) is 0 Å². The van der Waals surface area contributed by atoms with E-state index < -0.39 is 15.8 Å². The Morgan fingerprint density at radius 1 is 0.903 bits per heavy atom. The van der Waals surface area contributed by atoms with Gasteiger partial charge in [0.25, 0.3) is 10.0 Å². The van der Waals surface area contributed by atoms with Crippen LogP contribution in [0.15, 0.2) is 93.9 Å². The quantitative estimate of drug-likeness (QED) is 0.648. The Morgan fingerprint density at radius 3 is 2.26 bits per heavy atom. The van der Waals surface area contributed by atoms with Crippen molar-refractivity contribution in [2.75, 3.05) is 12.4 Å². The van der Waals surface area contributed by atoms with Gasteiger partial charge in [0.15, 0.2) is 0 Å². The predicted molar refractivity (Wildman–Crippen MR) is 116 cm³/mol. The maximum absolute atomic E-state index is 13.2. The predicted octanol–water partition coefficient (Wildman–Crippen LogP) is 4.20. The Morgan fingerprint density at radius 2 is 1.55 bits per heavy atom. The van der Waals surface area contributed by atoms with Crippen LogP contribution in [0.4, 0.5) is 10.1 Å². The largest absolute Gasteiger partial charge is 0.495 e. The standard InChI is InChI=1S/C23H17FN2O4S/c1-30-22-9-5-4-8-19(22)25-21-14-20(17-6-2-3-7-18(17)23(21)27)26-31(28,29)16-12-10-15(24)11-13-16/h2-14,25H,1H3/b26-20-. The minimum Gasteiger partial charge on any atom is -0.495 e. The van der Waals surface area contributed by atoms with Crippen molar-refractivity contribution in [1.29, 1.82) is 0 Å². The monoisotopic (exact) mass is 436 g/mol. The molecule has 0 saturated carbocycles. The van der Waals surface area contributed by atoms with E-state index in [0.29, 0.717) is 22.6 Å². The molecule has 0 aromatic heterocycles. The molecule has 1 N–H and O–H groups in total. The SMILES string of the molecule is COc1ccccc1NC1=C/C(=N/S(=O)(=O)c2ccc(F)cc2)c2ccccc2C1=O. The molecule has 31 heavy (non-hydrogen) atoms. The van der Waals surface area contributed by atoms with Crippen molar-refractivity contribution in [3.8, 4) is 5.75 Å². The first-order valence-electron chi connectivity index (χ1n) is 9.25. The highest BCUT2D eigenvalue weighted by molar-refractivity contribution is 7.90. The first-order valence-corrected chi connectivity index (χ1v) is 10.7. The second-order valence-corrected chi connectivity index (χ2v) is 8.27. The fraction of sp³-hybridized carbons (Fsp3) is 0.0435. The number of anilines is 1. The van der Waals surface area contributed by atoms with Gasteiger partial charge in [0.1, 0.15) is 11.6 Å². The van der Waals surface area contributed by atoms with E-state index in [1.807, 2.05) is 0 Å². The van der Waals surface area contributed by atoms with Crippen molar-refractivity contribution in [3.63, 3.8) is 0 Å². The number of rotatable bonds is 5. The second kappa shape index (κ2) is 8.16. The molecule has 1 aliphatic carbocycles. The summed E-state index contributed by atoms with van der Waals surface area (Å²) < 4.78 is 48.1. The molecule has 0 unspecified atom stereocenters. The van der Waals surface area contributed by atoms with Crippen LogP contribution in [0, 0.1) is 5.82 Å². The Labute approximate surface area is 178 Å². The van der Waals surface area contributed by atoms with Crippen LogP contribution < -0.4 is 10.1 Å². The summed E-state index contributed by atoms with van der Waals surface area (Å²) in [6, 6.07) is 18.0. The van der Waals surface area contributed by atoms with E-state index in [2.05, 4.69) is 9.71 Å². The third-order valence-corrected chi connectivity index (χ3v) is 5.98. The van der Waals surface area contributed by atoms with Crippen LogP contribution in [0.1, 0.15) is 15.9 Å². The number of Topliss-reactive ketones (excluding diaryl/α,β-unsaturated/α-hetero) is 1. The zero-order valence-corrected chi connectivity index (χ0v) is 17.2. The van der Waals surface area contributed by atoms with Crippen LogP contribution in [0.25, 0.3) is 0 Å². The fourth-order valence-corrected chi connectivity index (χ4v) is 4.18. The third kappa shape index (κ3) is 4.10. The number of carbonyl (C=O) groups excluding carboxylic acids is 1. The molecule has 0 heterocycles. The lowest BCUT2D eigenvalue weighted by Gasteiger charge is -2.19. The summed E-state index contributed by atoms with van der Waals surface area (Å²) in [4.78, 5) is 12.9. The number of benzene rings is 3. The number of ether oxygens (including phenoxy) is 1. The molecule has 156 valence electrons. The average Bonchev–Trinajstić information content (AvgIpc) is 2.77. The maximum atomic E-state index is 13.2. The van der Waals surface area contributed by atoms with Gasteiger partial charge in [-0.2, -0.15) is 12.8 Å². The minimum absolute atomic E-state index is 0.0944. The summed E-state index contributed by atoms with van der Waals surface area (Å²) in [5, 5.41) is 3.02. The van der Waals surface area contributed by atoms with Gasteiger partial charge in [-0.15, -0.1) is 0 Å². The molecular formula is C23H17FN2O4S. The number of ketones is 1. The molecule has 1 aliphatic rings. The van der Waals surface area contributed by atoms with Gasteiger partial charge in [-0.3, -0.25) is 4.79 Å². The molecule has 0 aliphatic heterocycles. The van der Waals surface area contributed by atoms with E-state index >= 15 is 0 Å². The van der Waals surface area contributed by atoms with Crippen molar-refractivity contribution in [2.45, 2.75) is 4.90 Å². The molecule has 0 bridgehead atoms. The lowest BCUT2D eigenvalue weighted by atomic mass is 9.92. The number of halogens is 1. The smallest absolute Gasteiger partial charge is 0.282 e.